The predicted octanol–water partition coefficient (Wildman–Crippen LogP) is 4.69. The van der Waals surface area contributed by atoms with Crippen molar-refractivity contribution in [1.29, 1.82) is 5.26 Å². The highest BCUT2D eigenvalue weighted by molar-refractivity contribution is 5.84. The number of anilines is 1. The molecule has 0 radical (unpaired) electrons. The highest BCUT2D eigenvalue weighted by Crippen LogP contribution is 2.32. The van der Waals surface area contributed by atoms with Crippen molar-refractivity contribution in [2.45, 2.75) is 13.3 Å². The molecule has 0 saturated carbocycles. The van der Waals surface area contributed by atoms with Gasteiger partial charge in [0, 0.05) is 18.2 Å². The number of hydrogen-bond donors (Lipinski definition) is 2. The van der Waals surface area contributed by atoms with E-state index in [0.29, 0.717) is 48.1 Å². The summed E-state index contributed by atoms with van der Waals surface area (Å²) in [5, 5.41) is 23.9. The molecule has 8 nitrogen and oxygen atoms in total. The minimum atomic E-state index is -1.06. The average molecular weight is 469 g/mol. The molecule has 0 aliphatic heterocycles. The van der Waals surface area contributed by atoms with E-state index in [1.165, 1.54) is 6.33 Å². The predicted molar refractivity (Wildman–Crippen MR) is 133 cm³/mol. The van der Waals surface area contributed by atoms with Crippen LogP contribution in [0.1, 0.15) is 18.1 Å². The van der Waals surface area contributed by atoms with Crippen LogP contribution in [0.25, 0.3) is 22.0 Å². The topological polar surface area (TPSA) is 117 Å². The van der Waals surface area contributed by atoms with Crippen molar-refractivity contribution in [2.24, 2.45) is 0 Å². The van der Waals surface area contributed by atoms with E-state index in [-0.39, 0.29) is 0 Å². The number of hydrogen-bond acceptors (Lipinski definition) is 7. The van der Waals surface area contributed by atoms with E-state index >= 15 is 0 Å². The van der Waals surface area contributed by atoms with Gasteiger partial charge < -0.3 is 19.9 Å². The number of rotatable bonds is 10. The molecule has 0 bridgehead atoms. The number of nitriles is 1. The van der Waals surface area contributed by atoms with Gasteiger partial charge >= 0.3 is 5.97 Å². The van der Waals surface area contributed by atoms with E-state index < -0.39 is 12.6 Å². The standard InChI is InChI=1S/C27H24N4O4/c1-2-34-25-13-21(7-8-24(25)35-16-27(32)33)23-14-26(31-17-30-23)29-10-9-20-11-18-5-3-4-6-19(18)12-22(20)15-28/h3-8,11-14,17H,2,9-10,16H2,1H3,(H,32,33)(H,29,30,31). The maximum absolute atomic E-state index is 10.8. The van der Waals surface area contributed by atoms with Crippen molar-refractivity contribution in [2.75, 3.05) is 25.1 Å². The lowest BCUT2D eigenvalue weighted by Gasteiger charge is -2.13. The Morgan fingerprint density at radius 3 is 2.57 bits per heavy atom. The molecule has 0 saturated heterocycles. The number of fused-ring (bicyclic) bond motifs is 1. The molecule has 4 rings (SSSR count). The number of nitrogens with one attached hydrogen (secondary N) is 1. The molecule has 8 heteroatoms. The summed E-state index contributed by atoms with van der Waals surface area (Å²) in [5.41, 5.74) is 3.10. The van der Waals surface area contributed by atoms with E-state index in [1.807, 2.05) is 43.3 Å². The van der Waals surface area contributed by atoms with Crippen molar-refractivity contribution in [3.8, 4) is 28.8 Å². The van der Waals surface area contributed by atoms with Gasteiger partial charge in [0.1, 0.15) is 12.1 Å². The van der Waals surface area contributed by atoms with Gasteiger partial charge in [-0.15, -0.1) is 0 Å². The van der Waals surface area contributed by atoms with Crippen molar-refractivity contribution in [1.82, 2.24) is 9.97 Å². The minimum Gasteiger partial charge on any atom is -0.490 e. The number of carboxylic acid groups (broad SMARTS) is 1. The van der Waals surface area contributed by atoms with Crippen LogP contribution in [-0.4, -0.2) is 40.8 Å². The second-order valence-electron chi connectivity index (χ2n) is 7.71. The first kappa shape index (κ1) is 23.5. The summed E-state index contributed by atoms with van der Waals surface area (Å²) >= 11 is 0. The third-order valence-corrected chi connectivity index (χ3v) is 5.35. The Hall–Kier alpha value is -4.64. The van der Waals surface area contributed by atoms with E-state index in [2.05, 4.69) is 27.4 Å². The van der Waals surface area contributed by atoms with Gasteiger partial charge in [0.15, 0.2) is 18.1 Å². The van der Waals surface area contributed by atoms with Gasteiger partial charge in [-0.1, -0.05) is 24.3 Å². The molecule has 1 heterocycles. The molecule has 0 unspecified atom stereocenters. The molecule has 0 spiro atoms. The first-order chi connectivity index (χ1) is 17.1. The summed E-state index contributed by atoms with van der Waals surface area (Å²) in [4.78, 5) is 19.5. The van der Waals surface area contributed by atoms with Crippen LogP contribution >= 0.6 is 0 Å². The van der Waals surface area contributed by atoms with Gasteiger partial charge in [0.2, 0.25) is 0 Å². The van der Waals surface area contributed by atoms with Crippen LogP contribution in [0.3, 0.4) is 0 Å². The van der Waals surface area contributed by atoms with Crippen LogP contribution in [0.5, 0.6) is 11.5 Å². The van der Waals surface area contributed by atoms with Crippen LogP contribution in [0, 0.1) is 11.3 Å². The van der Waals surface area contributed by atoms with Crippen LogP contribution in [0.15, 0.2) is 67.0 Å². The molecular weight excluding hydrogens is 444 g/mol. The van der Waals surface area contributed by atoms with Crippen LogP contribution in [-0.2, 0) is 11.2 Å². The smallest absolute Gasteiger partial charge is 0.341 e. The van der Waals surface area contributed by atoms with Gasteiger partial charge in [-0.05, 0) is 60.0 Å². The summed E-state index contributed by atoms with van der Waals surface area (Å²) in [6.07, 6.45) is 2.14. The number of ether oxygens (including phenoxy) is 2. The monoisotopic (exact) mass is 468 g/mol. The molecule has 35 heavy (non-hydrogen) atoms. The van der Waals surface area contributed by atoms with Crippen molar-refractivity contribution < 1.29 is 19.4 Å². The normalized spacial score (nSPS) is 10.5. The molecule has 0 amide bonds. The third-order valence-electron chi connectivity index (χ3n) is 5.35. The van der Waals surface area contributed by atoms with Gasteiger partial charge in [-0.2, -0.15) is 5.26 Å². The Morgan fingerprint density at radius 1 is 1.03 bits per heavy atom. The van der Waals surface area contributed by atoms with Crippen LogP contribution < -0.4 is 14.8 Å². The van der Waals surface area contributed by atoms with Crippen LogP contribution in [0.4, 0.5) is 5.82 Å². The fourth-order valence-corrected chi connectivity index (χ4v) is 3.73. The molecule has 2 N–H and O–H groups in total. The molecule has 1 aromatic heterocycles. The zero-order chi connectivity index (χ0) is 24.6. The highest BCUT2D eigenvalue weighted by Gasteiger charge is 2.11. The van der Waals surface area contributed by atoms with Crippen molar-refractivity contribution in [3.05, 3.63) is 78.1 Å². The maximum atomic E-state index is 10.8. The highest BCUT2D eigenvalue weighted by atomic mass is 16.5. The fraction of sp³-hybridized carbons (Fsp3) is 0.185. The Kier molecular flexibility index (Phi) is 7.38. The second kappa shape index (κ2) is 11.0. The Bertz CT molecular complexity index is 1400. The first-order valence-corrected chi connectivity index (χ1v) is 11.2. The maximum Gasteiger partial charge on any atom is 0.341 e. The van der Waals surface area contributed by atoms with E-state index in [1.54, 1.807) is 18.2 Å². The number of benzene rings is 3. The van der Waals surface area contributed by atoms with Crippen molar-refractivity contribution in [3.63, 3.8) is 0 Å². The molecule has 0 aliphatic rings. The van der Waals surface area contributed by atoms with Crippen LogP contribution in [0.2, 0.25) is 0 Å². The largest absolute Gasteiger partial charge is 0.490 e. The SMILES string of the molecule is CCOc1cc(-c2cc(NCCc3cc4ccccc4cc3C#N)ncn2)ccc1OCC(=O)O. The lowest BCUT2D eigenvalue weighted by atomic mass is 9.99. The zero-order valence-electron chi connectivity index (χ0n) is 19.2. The summed E-state index contributed by atoms with van der Waals surface area (Å²) in [7, 11) is 0. The van der Waals surface area contributed by atoms with Gasteiger partial charge in [0.05, 0.1) is 23.9 Å². The second-order valence-corrected chi connectivity index (χ2v) is 7.71. The molecule has 176 valence electrons. The number of nitrogens with zero attached hydrogens (tertiary/aromatic N) is 3. The lowest BCUT2D eigenvalue weighted by Crippen LogP contribution is -2.10. The molecule has 0 fully saturated rings. The van der Waals surface area contributed by atoms with Gasteiger partial charge in [-0.3, -0.25) is 0 Å². The molecule has 0 atom stereocenters. The third kappa shape index (κ3) is 5.84. The Morgan fingerprint density at radius 2 is 1.83 bits per heavy atom. The summed E-state index contributed by atoms with van der Waals surface area (Å²) in [6, 6.07) is 21.3. The van der Waals surface area contributed by atoms with E-state index in [4.69, 9.17) is 14.6 Å². The molecule has 0 aliphatic carbocycles. The molecule has 3 aromatic carbocycles. The number of carboxylic acids is 1. The Balaban J connectivity index is 1.48. The summed E-state index contributed by atoms with van der Waals surface area (Å²) in [5.74, 6) is 0.390. The molecular formula is C27H24N4O4. The number of carbonyl (C=O) groups is 1. The van der Waals surface area contributed by atoms with Crippen molar-refractivity contribution >= 4 is 22.6 Å². The van der Waals surface area contributed by atoms with E-state index in [0.717, 1.165) is 21.9 Å². The number of aromatic nitrogens is 2. The van der Waals surface area contributed by atoms with E-state index in [9.17, 15) is 10.1 Å². The fourth-order valence-electron chi connectivity index (χ4n) is 3.73. The molecule has 4 aromatic rings. The summed E-state index contributed by atoms with van der Waals surface area (Å²) < 4.78 is 10.9. The Labute approximate surface area is 202 Å². The van der Waals surface area contributed by atoms with Gasteiger partial charge in [0.25, 0.3) is 0 Å². The first-order valence-electron chi connectivity index (χ1n) is 11.2. The zero-order valence-corrected chi connectivity index (χ0v) is 19.2. The number of aliphatic carboxylic acids is 1. The van der Waals surface area contributed by atoms with Gasteiger partial charge in [-0.25, -0.2) is 14.8 Å². The summed E-state index contributed by atoms with van der Waals surface area (Å²) in [6.45, 7) is 2.39. The average Bonchev–Trinajstić information content (AvgIpc) is 2.87. The lowest BCUT2D eigenvalue weighted by molar-refractivity contribution is -0.139. The quantitative estimate of drug-likeness (QED) is 0.344. The minimum absolute atomic E-state index is 0.356.